The van der Waals surface area contributed by atoms with Crippen molar-refractivity contribution in [2.75, 3.05) is 6.54 Å². The summed E-state index contributed by atoms with van der Waals surface area (Å²) < 4.78 is 12.8. The Morgan fingerprint density at radius 1 is 1.29 bits per heavy atom. The first-order valence-corrected chi connectivity index (χ1v) is 6.39. The van der Waals surface area contributed by atoms with Crippen LogP contribution in [0.3, 0.4) is 0 Å². The standard InChI is InChI=1S/C15H15FN2O3/c1-9-2-7-12(15(21)18-9)14(20)17-8-13(19)10-3-5-11(16)6-4-10/h2-7,13,19H,8H2,1H3,(H,17,20)(H,18,21). The lowest BCUT2D eigenvalue weighted by molar-refractivity contribution is 0.0914. The maximum atomic E-state index is 12.8. The van der Waals surface area contributed by atoms with Crippen molar-refractivity contribution in [3.05, 3.63) is 69.4 Å². The minimum absolute atomic E-state index is 0.0214. The summed E-state index contributed by atoms with van der Waals surface area (Å²) in [6, 6.07) is 8.37. The smallest absolute Gasteiger partial charge is 0.260 e. The summed E-state index contributed by atoms with van der Waals surface area (Å²) in [6.45, 7) is 1.64. The van der Waals surface area contributed by atoms with Crippen molar-refractivity contribution in [3.8, 4) is 0 Å². The summed E-state index contributed by atoms with van der Waals surface area (Å²) in [5.41, 5.74) is 0.632. The molecule has 0 aliphatic heterocycles. The second kappa shape index (κ2) is 6.32. The molecule has 1 heterocycles. The molecule has 0 spiro atoms. The molecule has 0 saturated carbocycles. The van der Waals surface area contributed by atoms with Crippen molar-refractivity contribution in [2.24, 2.45) is 0 Å². The van der Waals surface area contributed by atoms with Crippen LogP contribution in [-0.2, 0) is 0 Å². The Bertz CT molecular complexity index is 695. The summed E-state index contributed by atoms with van der Waals surface area (Å²) >= 11 is 0. The molecule has 6 heteroatoms. The van der Waals surface area contributed by atoms with Gasteiger partial charge < -0.3 is 15.4 Å². The number of carbonyl (C=O) groups is 1. The van der Waals surface area contributed by atoms with Crippen LogP contribution < -0.4 is 10.9 Å². The van der Waals surface area contributed by atoms with Gasteiger partial charge >= 0.3 is 0 Å². The number of aliphatic hydroxyl groups excluding tert-OH is 1. The van der Waals surface area contributed by atoms with Gasteiger partial charge in [0.1, 0.15) is 11.4 Å². The van der Waals surface area contributed by atoms with E-state index >= 15 is 0 Å². The van der Waals surface area contributed by atoms with Gasteiger partial charge in [0.2, 0.25) is 0 Å². The number of aromatic nitrogens is 1. The lowest BCUT2D eigenvalue weighted by Gasteiger charge is -2.12. The summed E-state index contributed by atoms with van der Waals surface area (Å²) in [5.74, 6) is -0.974. The summed E-state index contributed by atoms with van der Waals surface area (Å²) in [7, 11) is 0. The Labute approximate surface area is 120 Å². The van der Waals surface area contributed by atoms with Crippen molar-refractivity contribution in [1.82, 2.24) is 10.3 Å². The number of hydrogen-bond acceptors (Lipinski definition) is 3. The van der Waals surface area contributed by atoms with Gasteiger partial charge in [0.25, 0.3) is 11.5 Å². The molecular weight excluding hydrogens is 275 g/mol. The highest BCUT2D eigenvalue weighted by atomic mass is 19.1. The molecule has 1 amide bonds. The molecule has 0 aliphatic carbocycles. The maximum absolute atomic E-state index is 12.8. The quantitative estimate of drug-likeness (QED) is 0.793. The van der Waals surface area contributed by atoms with Gasteiger partial charge in [-0.1, -0.05) is 12.1 Å². The number of hydrogen-bond donors (Lipinski definition) is 3. The molecule has 1 aromatic carbocycles. The number of nitrogens with one attached hydrogen (secondary N) is 2. The molecule has 1 atom stereocenters. The molecule has 3 N–H and O–H groups in total. The molecule has 1 unspecified atom stereocenters. The molecule has 2 rings (SSSR count). The van der Waals surface area contributed by atoms with Gasteiger partial charge in [-0.2, -0.15) is 0 Å². The largest absolute Gasteiger partial charge is 0.387 e. The molecule has 0 saturated heterocycles. The average molecular weight is 290 g/mol. The number of aromatic amines is 1. The Hall–Kier alpha value is -2.47. The Morgan fingerprint density at radius 2 is 1.95 bits per heavy atom. The van der Waals surface area contributed by atoms with E-state index in [0.29, 0.717) is 11.3 Å². The van der Waals surface area contributed by atoms with Gasteiger partial charge in [-0.3, -0.25) is 9.59 Å². The van der Waals surface area contributed by atoms with Crippen LogP contribution in [0.2, 0.25) is 0 Å². The molecule has 0 aliphatic rings. The normalized spacial score (nSPS) is 12.0. The van der Waals surface area contributed by atoms with E-state index in [0.717, 1.165) is 0 Å². The number of amides is 1. The topological polar surface area (TPSA) is 82.2 Å². The molecule has 0 bridgehead atoms. The lowest BCUT2D eigenvalue weighted by Crippen LogP contribution is -2.32. The van der Waals surface area contributed by atoms with Crippen molar-refractivity contribution < 1.29 is 14.3 Å². The summed E-state index contributed by atoms with van der Waals surface area (Å²) in [6.07, 6.45) is -0.973. The first-order chi connectivity index (χ1) is 9.97. The number of aliphatic hydroxyl groups is 1. The van der Waals surface area contributed by atoms with E-state index in [9.17, 15) is 19.1 Å². The third-order valence-electron chi connectivity index (χ3n) is 3.01. The number of benzene rings is 1. The second-order valence-corrected chi connectivity index (χ2v) is 4.66. The molecular formula is C15H15FN2O3. The molecule has 110 valence electrons. The fraction of sp³-hybridized carbons (Fsp3) is 0.200. The Kier molecular flexibility index (Phi) is 4.49. The minimum Gasteiger partial charge on any atom is -0.387 e. The van der Waals surface area contributed by atoms with E-state index < -0.39 is 23.4 Å². The first kappa shape index (κ1) is 14.9. The molecule has 2 aromatic rings. The fourth-order valence-corrected chi connectivity index (χ4v) is 1.84. The SMILES string of the molecule is Cc1ccc(C(=O)NCC(O)c2ccc(F)cc2)c(=O)[nH]1. The van der Waals surface area contributed by atoms with Crippen LogP contribution >= 0.6 is 0 Å². The highest BCUT2D eigenvalue weighted by Gasteiger charge is 2.13. The Balaban J connectivity index is 2.00. The zero-order valence-corrected chi connectivity index (χ0v) is 11.4. The van der Waals surface area contributed by atoms with Gasteiger partial charge in [-0.25, -0.2) is 4.39 Å². The van der Waals surface area contributed by atoms with Crippen molar-refractivity contribution >= 4 is 5.91 Å². The van der Waals surface area contributed by atoms with Crippen LogP contribution in [0.25, 0.3) is 0 Å². The molecule has 0 fully saturated rings. The highest BCUT2D eigenvalue weighted by Crippen LogP contribution is 2.12. The summed E-state index contributed by atoms with van der Waals surface area (Å²) in [4.78, 5) is 26.0. The third-order valence-corrected chi connectivity index (χ3v) is 3.01. The fourth-order valence-electron chi connectivity index (χ4n) is 1.84. The Morgan fingerprint density at radius 3 is 2.57 bits per heavy atom. The first-order valence-electron chi connectivity index (χ1n) is 6.39. The molecule has 1 aromatic heterocycles. The van der Waals surface area contributed by atoms with E-state index in [-0.39, 0.29) is 12.1 Å². The van der Waals surface area contributed by atoms with E-state index in [4.69, 9.17) is 0 Å². The number of H-pyrrole nitrogens is 1. The van der Waals surface area contributed by atoms with Crippen LogP contribution in [0.15, 0.2) is 41.2 Å². The predicted octanol–water partition coefficient (Wildman–Crippen LogP) is 1.29. The molecule has 5 nitrogen and oxygen atoms in total. The summed E-state index contributed by atoms with van der Waals surface area (Å²) in [5, 5.41) is 12.4. The highest BCUT2D eigenvalue weighted by molar-refractivity contribution is 5.93. The lowest BCUT2D eigenvalue weighted by atomic mass is 10.1. The van der Waals surface area contributed by atoms with Gasteiger partial charge in [0.05, 0.1) is 6.10 Å². The van der Waals surface area contributed by atoms with E-state index in [1.165, 1.54) is 30.3 Å². The van der Waals surface area contributed by atoms with Crippen molar-refractivity contribution in [1.29, 1.82) is 0 Å². The molecule has 21 heavy (non-hydrogen) atoms. The number of rotatable bonds is 4. The third kappa shape index (κ3) is 3.76. The monoisotopic (exact) mass is 290 g/mol. The number of carbonyl (C=O) groups excluding carboxylic acids is 1. The second-order valence-electron chi connectivity index (χ2n) is 4.66. The number of pyridine rings is 1. The zero-order valence-electron chi connectivity index (χ0n) is 11.4. The van der Waals surface area contributed by atoms with Crippen molar-refractivity contribution in [3.63, 3.8) is 0 Å². The van der Waals surface area contributed by atoms with Crippen LogP contribution in [0.4, 0.5) is 4.39 Å². The van der Waals surface area contributed by atoms with Gasteiger partial charge in [-0.05, 0) is 36.8 Å². The van der Waals surface area contributed by atoms with E-state index in [1.54, 1.807) is 13.0 Å². The van der Waals surface area contributed by atoms with Gasteiger partial charge in [0, 0.05) is 12.2 Å². The van der Waals surface area contributed by atoms with Crippen LogP contribution in [0.1, 0.15) is 27.7 Å². The average Bonchev–Trinajstić information content (AvgIpc) is 2.45. The van der Waals surface area contributed by atoms with Crippen LogP contribution in [0.5, 0.6) is 0 Å². The number of halogens is 1. The van der Waals surface area contributed by atoms with Gasteiger partial charge in [-0.15, -0.1) is 0 Å². The van der Waals surface area contributed by atoms with E-state index in [2.05, 4.69) is 10.3 Å². The predicted molar refractivity (Wildman–Crippen MR) is 75.5 cm³/mol. The minimum atomic E-state index is -0.973. The number of aryl methyl sites for hydroxylation is 1. The van der Waals surface area contributed by atoms with Crippen molar-refractivity contribution in [2.45, 2.75) is 13.0 Å². The van der Waals surface area contributed by atoms with Gasteiger partial charge in [0.15, 0.2) is 0 Å². The van der Waals surface area contributed by atoms with Crippen LogP contribution in [0, 0.1) is 12.7 Å². The van der Waals surface area contributed by atoms with E-state index in [1.807, 2.05) is 0 Å². The zero-order chi connectivity index (χ0) is 15.4. The molecule has 0 radical (unpaired) electrons. The van der Waals surface area contributed by atoms with Crippen LogP contribution in [-0.4, -0.2) is 22.5 Å². The maximum Gasteiger partial charge on any atom is 0.260 e.